The number of aryl methyl sites for hydroxylation is 1. The Morgan fingerprint density at radius 3 is 2.65 bits per heavy atom. The molecule has 1 amide bonds. The first kappa shape index (κ1) is 18.8. The summed E-state index contributed by atoms with van der Waals surface area (Å²) in [5.41, 5.74) is 1.48. The number of hydrogen-bond donors (Lipinski definition) is 1. The quantitative estimate of drug-likeness (QED) is 0.841. The Balaban J connectivity index is 1.79. The van der Waals surface area contributed by atoms with Crippen LogP contribution in [0.2, 0.25) is 0 Å². The van der Waals surface area contributed by atoms with Gasteiger partial charge in [0.2, 0.25) is 15.9 Å². The van der Waals surface area contributed by atoms with E-state index in [-0.39, 0.29) is 10.8 Å². The molecule has 26 heavy (non-hydrogen) atoms. The first-order chi connectivity index (χ1) is 12.4. The zero-order chi connectivity index (χ0) is 18.7. The summed E-state index contributed by atoms with van der Waals surface area (Å²) in [5, 5.41) is 3.76. The maximum Gasteiger partial charge on any atom is 0.245 e. The largest absolute Gasteiger partial charge is 0.340 e. The Kier molecular flexibility index (Phi) is 5.55. The first-order valence-electron chi connectivity index (χ1n) is 8.71. The minimum absolute atomic E-state index is 0.0544. The highest BCUT2D eigenvalue weighted by Gasteiger charge is 2.31. The zero-order valence-corrected chi connectivity index (χ0v) is 15.9. The number of carbonyl (C=O) groups excluding carboxylic acids is 1. The van der Waals surface area contributed by atoms with Crippen LogP contribution in [-0.2, 0) is 14.8 Å². The van der Waals surface area contributed by atoms with Crippen LogP contribution in [0.25, 0.3) is 10.9 Å². The van der Waals surface area contributed by atoms with Gasteiger partial charge in [0.15, 0.2) is 0 Å². The normalized spacial score (nSPS) is 16.2. The fourth-order valence-electron chi connectivity index (χ4n) is 3.16. The molecule has 2 aromatic rings. The number of nitrogens with one attached hydrogen (secondary N) is 1. The molecule has 0 spiro atoms. The van der Waals surface area contributed by atoms with Gasteiger partial charge in [0.25, 0.3) is 0 Å². The van der Waals surface area contributed by atoms with Crippen molar-refractivity contribution in [3.8, 4) is 0 Å². The van der Waals surface area contributed by atoms with Gasteiger partial charge in [0, 0.05) is 50.7 Å². The molecule has 1 aromatic carbocycles. The number of aromatic nitrogens is 1. The van der Waals surface area contributed by atoms with Crippen molar-refractivity contribution < 1.29 is 13.2 Å². The molecule has 7 nitrogen and oxygen atoms in total. The number of nitrogens with zero attached hydrogens (tertiary/aromatic N) is 3. The third kappa shape index (κ3) is 3.72. The molecule has 0 unspecified atom stereocenters. The van der Waals surface area contributed by atoms with E-state index in [2.05, 4.69) is 10.3 Å². The summed E-state index contributed by atoms with van der Waals surface area (Å²) in [7, 11) is -1.84. The molecule has 2 heterocycles. The highest BCUT2D eigenvalue weighted by molar-refractivity contribution is 7.89. The molecule has 8 heteroatoms. The molecule has 1 saturated heterocycles. The number of pyridine rings is 1. The van der Waals surface area contributed by atoms with Crippen molar-refractivity contribution in [2.75, 3.05) is 39.8 Å². The summed E-state index contributed by atoms with van der Waals surface area (Å²) in [6, 6.07) is 7.14. The van der Waals surface area contributed by atoms with E-state index in [1.807, 2.05) is 19.1 Å². The molecule has 140 valence electrons. The van der Waals surface area contributed by atoms with Crippen molar-refractivity contribution in [1.29, 1.82) is 0 Å². The van der Waals surface area contributed by atoms with Crippen molar-refractivity contribution >= 4 is 26.8 Å². The van der Waals surface area contributed by atoms with E-state index in [1.165, 1.54) is 4.31 Å². The number of sulfonamides is 1. The van der Waals surface area contributed by atoms with Crippen LogP contribution in [0.3, 0.4) is 0 Å². The third-order valence-corrected chi connectivity index (χ3v) is 6.54. The van der Waals surface area contributed by atoms with Crippen LogP contribution in [0.5, 0.6) is 0 Å². The van der Waals surface area contributed by atoms with Crippen LogP contribution in [-0.4, -0.2) is 68.3 Å². The average molecular weight is 376 g/mol. The van der Waals surface area contributed by atoms with E-state index < -0.39 is 10.0 Å². The predicted octanol–water partition coefficient (Wildman–Crippen LogP) is 0.986. The SMILES string of the molecule is CNCCC(=O)N1CCN(S(=O)(=O)c2cccc3cc(C)cnc23)CC1. The van der Waals surface area contributed by atoms with E-state index in [4.69, 9.17) is 0 Å². The maximum absolute atomic E-state index is 13.1. The Morgan fingerprint density at radius 1 is 1.23 bits per heavy atom. The van der Waals surface area contributed by atoms with Crippen molar-refractivity contribution in [2.45, 2.75) is 18.2 Å². The van der Waals surface area contributed by atoms with E-state index in [9.17, 15) is 13.2 Å². The van der Waals surface area contributed by atoms with Gasteiger partial charge in [-0.25, -0.2) is 8.42 Å². The molecule has 1 aromatic heterocycles. The zero-order valence-electron chi connectivity index (χ0n) is 15.1. The number of para-hydroxylation sites is 1. The smallest absolute Gasteiger partial charge is 0.245 e. The van der Waals surface area contributed by atoms with Gasteiger partial charge in [-0.1, -0.05) is 12.1 Å². The van der Waals surface area contributed by atoms with E-state index in [0.29, 0.717) is 44.7 Å². The fourth-order valence-corrected chi connectivity index (χ4v) is 4.75. The molecule has 1 aliphatic rings. The minimum atomic E-state index is -3.65. The van der Waals surface area contributed by atoms with E-state index >= 15 is 0 Å². The minimum Gasteiger partial charge on any atom is -0.340 e. The molecular formula is C18H24N4O3S. The topological polar surface area (TPSA) is 82.6 Å². The molecule has 3 rings (SSSR count). The van der Waals surface area contributed by atoms with Gasteiger partial charge in [0.05, 0.1) is 5.52 Å². The van der Waals surface area contributed by atoms with Crippen LogP contribution >= 0.6 is 0 Å². The molecule has 0 radical (unpaired) electrons. The molecule has 1 aliphatic heterocycles. The number of benzene rings is 1. The third-order valence-electron chi connectivity index (χ3n) is 4.61. The Labute approximate surface area is 154 Å². The molecule has 1 fully saturated rings. The lowest BCUT2D eigenvalue weighted by Gasteiger charge is -2.34. The van der Waals surface area contributed by atoms with Crippen LogP contribution in [0, 0.1) is 6.92 Å². The lowest BCUT2D eigenvalue weighted by Crippen LogP contribution is -2.50. The van der Waals surface area contributed by atoms with Gasteiger partial charge in [-0.05, 0) is 31.7 Å². The summed E-state index contributed by atoms with van der Waals surface area (Å²) in [6.45, 7) is 3.99. The number of fused-ring (bicyclic) bond motifs is 1. The number of hydrogen-bond acceptors (Lipinski definition) is 5. The summed E-state index contributed by atoms with van der Waals surface area (Å²) in [4.78, 5) is 18.4. The summed E-state index contributed by atoms with van der Waals surface area (Å²) < 4.78 is 27.7. The van der Waals surface area contributed by atoms with E-state index in [1.54, 1.807) is 30.3 Å². The van der Waals surface area contributed by atoms with E-state index in [0.717, 1.165) is 10.9 Å². The Hall–Kier alpha value is -2.03. The van der Waals surface area contributed by atoms with Gasteiger partial charge in [-0.2, -0.15) is 4.31 Å². The summed E-state index contributed by atoms with van der Waals surface area (Å²) in [5.74, 6) is 0.0544. The Bertz CT molecular complexity index is 906. The first-order valence-corrected chi connectivity index (χ1v) is 10.2. The van der Waals surface area contributed by atoms with Crippen molar-refractivity contribution in [1.82, 2.24) is 19.5 Å². The lowest BCUT2D eigenvalue weighted by molar-refractivity contribution is -0.132. The summed E-state index contributed by atoms with van der Waals surface area (Å²) >= 11 is 0. The molecule has 0 saturated carbocycles. The van der Waals surface area contributed by atoms with Gasteiger partial charge >= 0.3 is 0 Å². The number of carbonyl (C=O) groups is 1. The monoisotopic (exact) mass is 376 g/mol. The van der Waals surface area contributed by atoms with Gasteiger partial charge < -0.3 is 10.2 Å². The number of amides is 1. The molecule has 1 N–H and O–H groups in total. The summed E-state index contributed by atoms with van der Waals surface area (Å²) in [6.07, 6.45) is 2.11. The van der Waals surface area contributed by atoms with Gasteiger partial charge in [-0.15, -0.1) is 0 Å². The number of piperazine rings is 1. The van der Waals surface area contributed by atoms with Crippen molar-refractivity contribution in [3.05, 3.63) is 36.0 Å². The molecular weight excluding hydrogens is 352 g/mol. The standard InChI is InChI=1S/C18H24N4O3S/c1-14-12-15-4-3-5-16(18(15)20-13-14)26(24,25)22-10-8-21(9-11-22)17(23)6-7-19-2/h3-5,12-13,19H,6-11H2,1-2H3. The lowest BCUT2D eigenvalue weighted by atomic mass is 10.2. The number of rotatable bonds is 5. The maximum atomic E-state index is 13.1. The van der Waals surface area contributed by atoms with Crippen molar-refractivity contribution in [2.24, 2.45) is 0 Å². The highest BCUT2D eigenvalue weighted by Crippen LogP contribution is 2.25. The van der Waals surface area contributed by atoms with Crippen molar-refractivity contribution in [3.63, 3.8) is 0 Å². The van der Waals surface area contributed by atoms with Gasteiger partial charge in [0.1, 0.15) is 4.90 Å². The molecule has 0 atom stereocenters. The molecule has 0 aliphatic carbocycles. The predicted molar refractivity (Wildman–Crippen MR) is 100 cm³/mol. The van der Waals surface area contributed by atoms with Crippen LogP contribution in [0.4, 0.5) is 0 Å². The fraction of sp³-hybridized carbons (Fsp3) is 0.444. The second-order valence-electron chi connectivity index (χ2n) is 6.48. The molecule has 0 bridgehead atoms. The second kappa shape index (κ2) is 7.69. The van der Waals surface area contributed by atoms with Crippen LogP contribution < -0.4 is 5.32 Å². The highest BCUT2D eigenvalue weighted by atomic mass is 32.2. The average Bonchev–Trinajstić information content (AvgIpc) is 2.65. The van der Waals surface area contributed by atoms with Crippen LogP contribution in [0.15, 0.2) is 35.4 Å². The second-order valence-corrected chi connectivity index (χ2v) is 8.39. The Morgan fingerprint density at radius 2 is 1.96 bits per heavy atom. The van der Waals surface area contributed by atoms with Gasteiger partial charge in [-0.3, -0.25) is 9.78 Å². The van der Waals surface area contributed by atoms with Crippen LogP contribution in [0.1, 0.15) is 12.0 Å².